The van der Waals surface area contributed by atoms with Crippen LogP contribution in [0, 0.1) is 5.92 Å². The van der Waals surface area contributed by atoms with E-state index in [0.29, 0.717) is 17.3 Å². The minimum absolute atomic E-state index is 0.0880. The van der Waals surface area contributed by atoms with Gasteiger partial charge in [-0.05, 0) is 36.2 Å². The Morgan fingerprint density at radius 1 is 1.22 bits per heavy atom. The molecule has 0 unspecified atom stereocenters. The molecule has 1 aromatic carbocycles. The molecule has 0 saturated heterocycles. The highest BCUT2D eigenvalue weighted by atomic mass is 35.5. The number of halogens is 1. The fourth-order valence-corrected chi connectivity index (χ4v) is 2.29. The van der Waals surface area contributed by atoms with Crippen LogP contribution in [0.1, 0.15) is 12.5 Å². The van der Waals surface area contributed by atoms with Crippen molar-refractivity contribution in [1.29, 1.82) is 0 Å². The highest BCUT2D eigenvalue weighted by molar-refractivity contribution is 6.30. The van der Waals surface area contributed by atoms with Gasteiger partial charge in [0.15, 0.2) is 0 Å². The molecule has 0 bridgehead atoms. The van der Waals surface area contributed by atoms with Crippen molar-refractivity contribution in [2.75, 3.05) is 11.9 Å². The number of pyridine rings is 1. The summed E-state index contributed by atoms with van der Waals surface area (Å²) in [4.78, 5) is 27.8. The maximum absolute atomic E-state index is 12.0. The summed E-state index contributed by atoms with van der Waals surface area (Å²) in [6, 6.07) is 12.6. The molecule has 0 aliphatic carbocycles. The molecule has 2 N–H and O–H groups in total. The van der Waals surface area contributed by atoms with Crippen molar-refractivity contribution in [2.45, 2.75) is 13.3 Å². The molecular weight excluding hydrogens is 314 g/mol. The van der Waals surface area contributed by atoms with Crippen molar-refractivity contribution >= 4 is 29.2 Å². The lowest BCUT2D eigenvalue weighted by atomic mass is 10.0. The zero-order valence-corrected chi connectivity index (χ0v) is 13.5. The Morgan fingerprint density at radius 2 is 2.04 bits per heavy atom. The number of nitrogens with one attached hydrogen (secondary N) is 2. The maximum atomic E-state index is 12.0. The van der Waals surface area contributed by atoms with Gasteiger partial charge in [0, 0.05) is 17.1 Å². The van der Waals surface area contributed by atoms with Crippen LogP contribution in [0.25, 0.3) is 0 Å². The first kappa shape index (κ1) is 17.0. The van der Waals surface area contributed by atoms with Crippen LogP contribution in [0.3, 0.4) is 0 Å². The molecule has 0 saturated carbocycles. The van der Waals surface area contributed by atoms with Crippen LogP contribution in [0.2, 0.25) is 5.02 Å². The van der Waals surface area contributed by atoms with E-state index in [1.165, 1.54) is 0 Å². The Bertz CT molecular complexity index is 677. The molecule has 0 fully saturated rings. The third-order valence-electron chi connectivity index (χ3n) is 3.23. The zero-order valence-electron chi connectivity index (χ0n) is 12.8. The number of nitrogens with zero attached hydrogens (tertiary/aromatic N) is 1. The van der Waals surface area contributed by atoms with E-state index >= 15 is 0 Å². The van der Waals surface area contributed by atoms with Crippen LogP contribution in [0.15, 0.2) is 48.7 Å². The molecule has 0 radical (unpaired) electrons. The van der Waals surface area contributed by atoms with Crippen molar-refractivity contribution in [3.8, 4) is 0 Å². The molecular formula is C17H18ClN3O2. The first-order valence-electron chi connectivity index (χ1n) is 7.27. The van der Waals surface area contributed by atoms with Gasteiger partial charge < -0.3 is 10.6 Å². The first-order valence-corrected chi connectivity index (χ1v) is 7.65. The van der Waals surface area contributed by atoms with E-state index in [0.717, 1.165) is 5.56 Å². The third kappa shape index (κ3) is 5.71. The fourth-order valence-electron chi connectivity index (χ4n) is 2.08. The number of aromatic nitrogens is 1. The van der Waals surface area contributed by atoms with Gasteiger partial charge in [-0.3, -0.25) is 9.59 Å². The largest absolute Gasteiger partial charge is 0.347 e. The number of benzene rings is 1. The Hall–Kier alpha value is -2.40. The topological polar surface area (TPSA) is 71.1 Å². The second kappa shape index (κ2) is 8.29. The van der Waals surface area contributed by atoms with E-state index in [1.54, 1.807) is 30.5 Å². The van der Waals surface area contributed by atoms with E-state index in [9.17, 15) is 9.59 Å². The van der Waals surface area contributed by atoms with Crippen molar-refractivity contribution in [3.05, 3.63) is 59.2 Å². The third-order valence-corrected chi connectivity index (χ3v) is 3.47. The van der Waals surface area contributed by atoms with E-state index < -0.39 is 0 Å². The molecule has 0 aliphatic heterocycles. The van der Waals surface area contributed by atoms with E-state index in [2.05, 4.69) is 15.6 Å². The average molecular weight is 332 g/mol. The summed E-state index contributed by atoms with van der Waals surface area (Å²) in [6.45, 7) is 1.72. The van der Waals surface area contributed by atoms with Gasteiger partial charge in [-0.15, -0.1) is 0 Å². The minimum Gasteiger partial charge on any atom is -0.347 e. The van der Waals surface area contributed by atoms with Crippen LogP contribution in [-0.2, 0) is 16.0 Å². The molecule has 1 aromatic heterocycles. The average Bonchev–Trinajstić information content (AvgIpc) is 2.53. The van der Waals surface area contributed by atoms with Gasteiger partial charge in [-0.25, -0.2) is 4.98 Å². The van der Waals surface area contributed by atoms with Gasteiger partial charge in [0.25, 0.3) is 0 Å². The summed E-state index contributed by atoms with van der Waals surface area (Å²) in [5.74, 6) is -0.289. The lowest BCUT2D eigenvalue weighted by Gasteiger charge is -2.12. The molecule has 0 spiro atoms. The van der Waals surface area contributed by atoms with Gasteiger partial charge in [-0.1, -0.05) is 36.7 Å². The molecule has 1 atom stereocenters. The Labute approximate surface area is 140 Å². The van der Waals surface area contributed by atoms with Crippen LogP contribution in [0.4, 0.5) is 5.82 Å². The first-order chi connectivity index (χ1) is 11.0. The van der Waals surface area contributed by atoms with Crippen LogP contribution < -0.4 is 10.6 Å². The summed E-state index contributed by atoms with van der Waals surface area (Å²) in [6.07, 6.45) is 2.15. The summed E-state index contributed by atoms with van der Waals surface area (Å²) in [7, 11) is 0. The van der Waals surface area contributed by atoms with E-state index in [1.807, 2.05) is 25.1 Å². The molecule has 5 nitrogen and oxygen atoms in total. The molecule has 120 valence electrons. The van der Waals surface area contributed by atoms with Crippen LogP contribution in [0.5, 0.6) is 0 Å². The number of carbonyl (C=O) groups is 2. The molecule has 2 rings (SSSR count). The monoisotopic (exact) mass is 331 g/mol. The Balaban J connectivity index is 1.78. The minimum atomic E-state index is -0.313. The molecule has 2 amide bonds. The normalized spacial score (nSPS) is 11.6. The Morgan fingerprint density at radius 3 is 2.74 bits per heavy atom. The van der Waals surface area contributed by atoms with Crippen molar-refractivity contribution in [1.82, 2.24) is 10.3 Å². The lowest BCUT2D eigenvalue weighted by molar-refractivity contribution is -0.126. The standard InChI is InChI=1S/C17H18ClN3O2/c1-12(9-13-5-4-6-14(18)10-13)17(23)20-11-16(22)21-15-7-2-3-8-19-15/h2-8,10,12H,9,11H2,1H3,(H,20,23)(H,19,21,22)/t12-/m1/s1. The van der Waals surface area contributed by atoms with Gasteiger partial charge >= 0.3 is 0 Å². The molecule has 0 aliphatic rings. The fraction of sp³-hybridized carbons (Fsp3) is 0.235. The van der Waals surface area contributed by atoms with Gasteiger partial charge in [0.2, 0.25) is 11.8 Å². The number of carbonyl (C=O) groups excluding carboxylic acids is 2. The number of anilines is 1. The molecule has 1 heterocycles. The van der Waals surface area contributed by atoms with Gasteiger partial charge in [0.1, 0.15) is 5.82 Å². The number of rotatable bonds is 6. The van der Waals surface area contributed by atoms with Gasteiger partial charge in [0.05, 0.1) is 6.54 Å². The number of amides is 2. The highest BCUT2D eigenvalue weighted by Gasteiger charge is 2.14. The molecule has 23 heavy (non-hydrogen) atoms. The Kier molecular flexibility index (Phi) is 6.11. The maximum Gasteiger partial charge on any atom is 0.244 e. The van der Waals surface area contributed by atoms with Crippen LogP contribution in [-0.4, -0.2) is 23.3 Å². The predicted molar refractivity (Wildman–Crippen MR) is 90.2 cm³/mol. The molecule has 6 heteroatoms. The number of hydrogen-bond acceptors (Lipinski definition) is 3. The highest BCUT2D eigenvalue weighted by Crippen LogP contribution is 2.14. The summed E-state index contributed by atoms with van der Waals surface area (Å²) < 4.78 is 0. The van der Waals surface area contributed by atoms with Crippen molar-refractivity contribution in [3.63, 3.8) is 0 Å². The second-order valence-corrected chi connectivity index (χ2v) is 5.65. The van der Waals surface area contributed by atoms with E-state index in [-0.39, 0.29) is 24.3 Å². The SMILES string of the molecule is C[C@H](Cc1cccc(Cl)c1)C(=O)NCC(=O)Nc1ccccn1. The molecule has 2 aromatic rings. The lowest BCUT2D eigenvalue weighted by Crippen LogP contribution is -2.36. The quantitative estimate of drug-likeness (QED) is 0.855. The van der Waals surface area contributed by atoms with Crippen LogP contribution >= 0.6 is 11.6 Å². The smallest absolute Gasteiger partial charge is 0.244 e. The van der Waals surface area contributed by atoms with Crippen molar-refractivity contribution < 1.29 is 9.59 Å². The van der Waals surface area contributed by atoms with Gasteiger partial charge in [-0.2, -0.15) is 0 Å². The number of hydrogen-bond donors (Lipinski definition) is 2. The van der Waals surface area contributed by atoms with E-state index in [4.69, 9.17) is 11.6 Å². The summed E-state index contributed by atoms with van der Waals surface area (Å²) in [5.41, 5.74) is 0.984. The summed E-state index contributed by atoms with van der Waals surface area (Å²) >= 11 is 5.93. The zero-order chi connectivity index (χ0) is 16.7. The summed E-state index contributed by atoms with van der Waals surface area (Å²) in [5, 5.41) is 5.88. The van der Waals surface area contributed by atoms with Crippen molar-refractivity contribution in [2.24, 2.45) is 5.92 Å². The second-order valence-electron chi connectivity index (χ2n) is 5.22. The predicted octanol–water partition coefficient (Wildman–Crippen LogP) is 2.67.